The summed E-state index contributed by atoms with van der Waals surface area (Å²) in [5.74, 6) is 1.10. The van der Waals surface area contributed by atoms with Crippen LogP contribution in [-0.2, 0) is 6.42 Å². The molecule has 27 heavy (non-hydrogen) atoms. The Balaban J connectivity index is 1.59. The van der Waals surface area contributed by atoms with Crippen LogP contribution in [0.3, 0.4) is 0 Å². The standard InChI is InChI=1S/C23H26N2O2/c1-27-22-10-8-16-14-17(7-9-20(16)21(22)11-12-24)23(26)18-4-3-13-25(15-18)19-5-2-6-19/h7-10,14,18-19H,2-6,11,13,15H2,1H3/t18-/m0/s1. The van der Waals surface area contributed by atoms with Crippen LogP contribution in [0, 0.1) is 17.2 Å². The highest BCUT2D eigenvalue weighted by Crippen LogP contribution is 2.32. The number of methoxy groups -OCH3 is 1. The normalized spacial score (nSPS) is 20.8. The first-order valence-electron chi connectivity index (χ1n) is 9.96. The molecule has 0 aromatic heterocycles. The first-order valence-corrected chi connectivity index (χ1v) is 9.96. The summed E-state index contributed by atoms with van der Waals surface area (Å²) in [6.07, 6.45) is 6.32. The molecule has 0 N–H and O–H groups in total. The predicted octanol–water partition coefficient (Wildman–Crippen LogP) is 4.36. The average Bonchev–Trinajstić information content (AvgIpc) is 2.66. The second kappa shape index (κ2) is 7.70. The van der Waals surface area contributed by atoms with Crippen LogP contribution in [0.15, 0.2) is 30.3 Å². The van der Waals surface area contributed by atoms with Crippen molar-refractivity contribution in [3.05, 3.63) is 41.5 Å². The number of rotatable bonds is 5. The molecule has 1 saturated carbocycles. The van der Waals surface area contributed by atoms with Crippen molar-refractivity contribution in [1.82, 2.24) is 4.90 Å². The highest BCUT2D eigenvalue weighted by atomic mass is 16.5. The summed E-state index contributed by atoms with van der Waals surface area (Å²) in [5.41, 5.74) is 1.68. The van der Waals surface area contributed by atoms with Gasteiger partial charge in [0.2, 0.25) is 0 Å². The van der Waals surface area contributed by atoms with Gasteiger partial charge in [-0.2, -0.15) is 5.26 Å². The van der Waals surface area contributed by atoms with Gasteiger partial charge < -0.3 is 4.74 Å². The lowest BCUT2D eigenvalue weighted by atomic mass is 9.85. The molecule has 1 aliphatic heterocycles. The second-order valence-corrected chi connectivity index (χ2v) is 7.80. The van der Waals surface area contributed by atoms with Crippen molar-refractivity contribution >= 4 is 16.6 Å². The van der Waals surface area contributed by atoms with Gasteiger partial charge in [0.05, 0.1) is 19.6 Å². The molecule has 4 rings (SSSR count). The molecule has 0 spiro atoms. The number of ketones is 1. The van der Waals surface area contributed by atoms with Crippen LogP contribution in [0.4, 0.5) is 0 Å². The molecule has 2 aliphatic rings. The minimum atomic E-state index is 0.105. The Labute approximate surface area is 160 Å². The Kier molecular flexibility index (Phi) is 5.13. The average molecular weight is 362 g/mol. The Bertz CT molecular complexity index is 895. The van der Waals surface area contributed by atoms with Gasteiger partial charge in [-0.05, 0) is 55.1 Å². The van der Waals surface area contributed by atoms with E-state index in [4.69, 9.17) is 10.00 Å². The minimum absolute atomic E-state index is 0.105. The van der Waals surface area contributed by atoms with Crippen molar-refractivity contribution in [3.8, 4) is 11.8 Å². The molecule has 4 heteroatoms. The van der Waals surface area contributed by atoms with Crippen LogP contribution in [-0.4, -0.2) is 36.9 Å². The van der Waals surface area contributed by atoms with Gasteiger partial charge in [0.1, 0.15) is 5.75 Å². The zero-order valence-corrected chi connectivity index (χ0v) is 15.9. The largest absolute Gasteiger partial charge is 0.496 e. The zero-order chi connectivity index (χ0) is 18.8. The van der Waals surface area contributed by atoms with Crippen molar-refractivity contribution in [2.75, 3.05) is 20.2 Å². The van der Waals surface area contributed by atoms with Gasteiger partial charge >= 0.3 is 0 Å². The number of benzene rings is 2. The van der Waals surface area contributed by atoms with Crippen LogP contribution in [0.5, 0.6) is 5.75 Å². The van der Waals surface area contributed by atoms with E-state index < -0.39 is 0 Å². The molecular formula is C23H26N2O2. The Hall–Kier alpha value is -2.38. The van der Waals surface area contributed by atoms with E-state index in [2.05, 4.69) is 11.0 Å². The summed E-state index contributed by atoms with van der Waals surface area (Å²) in [7, 11) is 1.62. The number of hydrogen-bond acceptors (Lipinski definition) is 4. The lowest BCUT2D eigenvalue weighted by molar-refractivity contribution is 0.0612. The van der Waals surface area contributed by atoms with E-state index in [0.29, 0.717) is 12.5 Å². The molecule has 140 valence electrons. The summed E-state index contributed by atoms with van der Waals surface area (Å²) in [5, 5.41) is 11.1. The Morgan fingerprint density at radius 1 is 1.22 bits per heavy atom. The highest BCUT2D eigenvalue weighted by Gasteiger charge is 2.32. The molecular weight excluding hydrogens is 336 g/mol. The predicted molar refractivity (Wildman–Crippen MR) is 106 cm³/mol. The van der Waals surface area contributed by atoms with Gasteiger partial charge in [-0.3, -0.25) is 9.69 Å². The maximum atomic E-state index is 13.1. The third-order valence-corrected chi connectivity index (χ3v) is 6.26. The van der Waals surface area contributed by atoms with E-state index in [1.54, 1.807) is 7.11 Å². The minimum Gasteiger partial charge on any atom is -0.496 e. The Morgan fingerprint density at radius 3 is 2.78 bits per heavy atom. The van der Waals surface area contributed by atoms with E-state index in [9.17, 15) is 4.79 Å². The first kappa shape index (κ1) is 18.0. The van der Waals surface area contributed by atoms with Crippen LogP contribution in [0.1, 0.15) is 48.0 Å². The second-order valence-electron chi connectivity index (χ2n) is 7.80. The smallest absolute Gasteiger partial charge is 0.167 e. The number of Topliss-reactive ketones (excluding diaryl/α,β-unsaturated/α-hetero) is 1. The van der Waals surface area contributed by atoms with Crippen LogP contribution in [0.25, 0.3) is 10.8 Å². The summed E-state index contributed by atoms with van der Waals surface area (Å²) in [6.45, 7) is 2.05. The molecule has 1 saturated heterocycles. The number of fused-ring (bicyclic) bond motifs is 1. The van der Waals surface area contributed by atoms with Gasteiger partial charge in [0.15, 0.2) is 5.78 Å². The van der Waals surface area contributed by atoms with E-state index in [1.807, 2.05) is 30.3 Å². The molecule has 2 aromatic rings. The summed E-state index contributed by atoms with van der Waals surface area (Å²) < 4.78 is 5.41. The molecule has 0 amide bonds. The SMILES string of the molecule is COc1ccc2cc(C(=O)[C@H]3CCCN(C4CCC4)C3)ccc2c1CC#N. The number of nitrogens with zero attached hydrogens (tertiary/aromatic N) is 2. The quantitative estimate of drug-likeness (QED) is 0.742. The topological polar surface area (TPSA) is 53.3 Å². The van der Waals surface area contributed by atoms with Gasteiger partial charge in [-0.25, -0.2) is 0 Å². The molecule has 4 nitrogen and oxygen atoms in total. The van der Waals surface area contributed by atoms with E-state index in [-0.39, 0.29) is 11.7 Å². The zero-order valence-electron chi connectivity index (χ0n) is 15.9. The number of piperidine rings is 1. The molecule has 2 aromatic carbocycles. The van der Waals surface area contributed by atoms with Crippen molar-refractivity contribution in [2.45, 2.75) is 44.6 Å². The van der Waals surface area contributed by atoms with Crippen molar-refractivity contribution in [2.24, 2.45) is 5.92 Å². The molecule has 0 unspecified atom stereocenters. The number of ether oxygens (including phenoxy) is 1. The van der Waals surface area contributed by atoms with E-state index in [0.717, 1.165) is 53.6 Å². The lowest BCUT2D eigenvalue weighted by Gasteiger charge is -2.42. The van der Waals surface area contributed by atoms with Crippen LogP contribution < -0.4 is 4.74 Å². The van der Waals surface area contributed by atoms with Crippen LogP contribution in [0.2, 0.25) is 0 Å². The van der Waals surface area contributed by atoms with Crippen LogP contribution >= 0.6 is 0 Å². The number of nitriles is 1. The molecule has 2 fully saturated rings. The fourth-order valence-electron chi connectivity index (χ4n) is 4.52. The maximum Gasteiger partial charge on any atom is 0.167 e. The van der Waals surface area contributed by atoms with Crippen molar-refractivity contribution in [3.63, 3.8) is 0 Å². The highest BCUT2D eigenvalue weighted by molar-refractivity contribution is 6.02. The van der Waals surface area contributed by atoms with Crippen molar-refractivity contribution in [1.29, 1.82) is 5.26 Å². The number of hydrogen-bond donors (Lipinski definition) is 0. The lowest BCUT2D eigenvalue weighted by Crippen LogP contribution is -2.47. The van der Waals surface area contributed by atoms with Gasteiger partial charge in [0, 0.05) is 29.6 Å². The van der Waals surface area contributed by atoms with Gasteiger partial charge in [-0.15, -0.1) is 0 Å². The van der Waals surface area contributed by atoms with Crippen molar-refractivity contribution < 1.29 is 9.53 Å². The molecule has 0 radical (unpaired) electrons. The van der Waals surface area contributed by atoms with E-state index in [1.165, 1.54) is 19.3 Å². The molecule has 1 atom stereocenters. The number of carbonyl (C=O) groups excluding carboxylic acids is 1. The number of carbonyl (C=O) groups is 1. The molecule has 1 heterocycles. The summed E-state index contributed by atoms with van der Waals surface area (Å²) >= 11 is 0. The molecule has 1 aliphatic carbocycles. The monoisotopic (exact) mass is 362 g/mol. The maximum absolute atomic E-state index is 13.1. The third-order valence-electron chi connectivity index (χ3n) is 6.26. The first-order chi connectivity index (χ1) is 13.2. The van der Waals surface area contributed by atoms with Gasteiger partial charge in [0.25, 0.3) is 0 Å². The summed E-state index contributed by atoms with van der Waals surface area (Å²) in [6, 6.07) is 12.7. The van der Waals surface area contributed by atoms with Gasteiger partial charge in [-0.1, -0.05) is 24.6 Å². The third kappa shape index (κ3) is 3.44. The fourth-order valence-corrected chi connectivity index (χ4v) is 4.52. The fraction of sp³-hybridized carbons (Fsp3) is 0.478. The van der Waals surface area contributed by atoms with E-state index >= 15 is 0 Å². The summed E-state index contributed by atoms with van der Waals surface area (Å²) in [4.78, 5) is 15.7. The Morgan fingerprint density at radius 2 is 2.07 bits per heavy atom. The number of likely N-dealkylation sites (tertiary alicyclic amines) is 1. The molecule has 0 bridgehead atoms.